The van der Waals surface area contributed by atoms with Crippen molar-refractivity contribution in [2.75, 3.05) is 7.11 Å². The molecule has 0 unspecified atom stereocenters. The molecule has 2 heterocycles. The van der Waals surface area contributed by atoms with Crippen LogP contribution >= 0.6 is 0 Å². The lowest BCUT2D eigenvalue weighted by Crippen LogP contribution is -2.37. The molecule has 0 bridgehead atoms. The number of aromatic nitrogens is 2. The first-order valence-corrected chi connectivity index (χ1v) is 10.4. The van der Waals surface area contributed by atoms with Gasteiger partial charge in [-0.1, -0.05) is 12.1 Å². The molecule has 0 aliphatic carbocycles. The predicted molar refractivity (Wildman–Crippen MR) is 124 cm³/mol. The van der Waals surface area contributed by atoms with Gasteiger partial charge in [0, 0.05) is 11.6 Å². The van der Waals surface area contributed by atoms with Crippen molar-refractivity contribution in [1.82, 2.24) is 14.9 Å². The van der Waals surface area contributed by atoms with E-state index in [9.17, 15) is 14.4 Å². The lowest BCUT2D eigenvalue weighted by Gasteiger charge is -2.16. The third kappa shape index (κ3) is 4.41. The molecule has 8 nitrogen and oxygen atoms in total. The lowest BCUT2D eigenvalue weighted by molar-refractivity contribution is -0.122. The Balaban J connectivity index is 1.93. The number of amides is 1. The molecule has 0 spiro atoms. The summed E-state index contributed by atoms with van der Waals surface area (Å²) in [6.45, 7) is 3.50. The molecule has 0 aliphatic heterocycles. The number of para-hydroxylation sites is 1. The Labute approximate surface area is 189 Å². The summed E-state index contributed by atoms with van der Waals surface area (Å²) in [7, 11) is 1.54. The number of hydrogen-bond donors (Lipinski definition) is 1. The highest BCUT2D eigenvalue weighted by molar-refractivity contribution is 5.86. The third-order valence-electron chi connectivity index (χ3n) is 5.08. The van der Waals surface area contributed by atoms with Crippen molar-refractivity contribution in [2.24, 2.45) is 0 Å². The van der Waals surface area contributed by atoms with E-state index >= 15 is 0 Å². The van der Waals surface area contributed by atoms with Crippen LogP contribution in [0.1, 0.15) is 24.4 Å². The molecule has 1 N–H and O–H groups in total. The molecule has 168 valence electrons. The Bertz CT molecular complexity index is 1400. The van der Waals surface area contributed by atoms with Gasteiger partial charge in [-0.2, -0.15) is 0 Å². The standard InChI is InChI=1S/C25H23N3O5/c1-15(2)26-23(30)13-28-24(18-6-4-5-7-22(18)32-3)27-20-10-8-16(12-19(20)25(28)31)21-11-9-17(14-29)33-21/h4-12,14-15H,13H2,1-3H3,(H,26,30). The molecule has 0 atom stereocenters. The van der Waals surface area contributed by atoms with Crippen LogP contribution in [0.25, 0.3) is 33.6 Å². The number of hydrogen-bond acceptors (Lipinski definition) is 6. The van der Waals surface area contributed by atoms with Gasteiger partial charge in [0.25, 0.3) is 5.56 Å². The fourth-order valence-electron chi connectivity index (χ4n) is 3.64. The quantitative estimate of drug-likeness (QED) is 0.436. The highest BCUT2D eigenvalue weighted by atomic mass is 16.5. The average Bonchev–Trinajstić information content (AvgIpc) is 3.29. The molecule has 4 aromatic rings. The SMILES string of the molecule is COc1ccccc1-c1nc2ccc(-c3ccc(C=O)o3)cc2c(=O)n1CC(=O)NC(C)C. The van der Waals surface area contributed by atoms with E-state index in [0.29, 0.717) is 45.7 Å². The summed E-state index contributed by atoms with van der Waals surface area (Å²) in [5.74, 6) is 1.21. The number of ether oxygens (including phenoxy) is 1. The molecular formula is C25H23N3O5. The number of furan rings is 1. The normalized spacial score (nSPS) is 11.0. The molecule has 1 amide bonds. The molecule has 0 aliphatic rings. The predicted octanol–water partition coefficient (Wildman–Crippen LogP) is 3.67. The summed E-state index contributed by atoms with van der Waals surface area (Å²) in [5, 5.41) is 3.14. The van der Waals surface area contributed by atoms with Crippen LogP contribution in [0.2, 0.25) is 0 Å². The summed E-state index contributed by atoms with van der Waals surface area (Å²) >= 11 is 0. The first kappa shape index (κ1) is 22.0. The fourth-order valence-corrected chi connectivity index (χ4v) is 3.64. The Hall–Kier alpha value is -4.20. The smallest absolute Gasteiger partial charge is 0.262 e. The van der Waals surface area contributed by atoms with Gasteiger partial charge in [-0.15, -0.1) is 0 Å². The number of nitrogens with zero attached hydrogens (tertiary/aromatic N) is 2. The monoisotopic (exact) mass is 445 g/mol. The van der Waals surface area contributed by atoms with Crippen molar-refractivity contribution in [2.45, 2.75) is 26.4 Å². The molecule has 0 fully saturated rings. The number of nitrogens with one attached hydrogen (secondary N) is 1. The van der Waals surface area contributed by atoms with Crippen molar-refractivity contribution < 1.29 is 18.7 Å². The Morgan fingerprint density at radius 2 is 1.97 bits per heavy atom. The van der Waals surface area contributed by atoms with Crippen molar-refractivity contribution in [3.8, 4) is 28.5 Å². The second-order valence-corrected chi connectivity index (χ2v) is 7.80. The molecule has 4 rings (SSSR count). The molecule has 2 aromatic heterocycles. The number of methoxy groups -OCH3 is 1. The second-order valence-electron chi connectivity index (χ2n) is 7.80. The van der Waals surface area contributed by atoms with Gasteiger partial charge in [-0.05, 0) is 56.3 Å². The minimum absolute atomic E-state index is 0.0751. The summed E-state index contributed by atoms with van der Waals surface area (Å²) in [6, 6.07) is 15.5. The van der Waals surface area contributed by atoms with E-state index in [1.165, 1.54) is 11.7 Å². The van der Waals surface area contributed by atoms with Crippen LogP contribution in [0.3, 0.4) is 0 Å². The van der Waals surface area contributed by atoms with Crippen LogP contribution in [0.5, 0.6) is 5.75 Å². The third-order valence-corrected chi connectivity index (χ3v) is 5.08. The molecule has 0 saturated carbocycles. The number of aldehydes is 1. The second kappa shape index (κ2) is 9.12. The first-order valence-electron chi connectivity index (χ1n) is 10.4. The Morgan fingerprint density at radius 1 is 1.18 bits per heavy atom. The minimum atomic E-state index is -0.371. The maximum Gasteiger partial charge on any atom is 0.262 e. The van der Waals surface area contributed by atoms with Crippen LogP contribution in [0.15, 0.2) is 63.8 Å². The molecule has 33 heavy (non-hydrogen) atoms. The minimum Gasteiger partial charge on any atom is -0.496 e. The molecule has 0 radical (unpaired) electrons. The summed E-state index contributed by atoms with van der Waals surface area (Å²) in [6.07, 6.45) is 0.617. The average molecular weight is 445 g/mol. The number of benzene rings is 2. The van der Waals surface area contributed by atoms with E-state index in [1.54, 1.807) is 42.5 Å². The summed E-state index contributed by atoms with van der Waals surface area (Å²) in [5.41, 5.74) is 1.32. The van der Waals surface area contributed by atoms with Gasteiger partial charge >= 0.3 is 0 Å². The highest BCUT2D eigenvalue weighted by Crippen LogP contribution is 2.30. The highest BCUT2D eigenvalue weighted by Gasteiger charge is 2.19. The van der Waals surface area contributed by atoms with Crippen molar-refractivity contribution in [3.05, 3.63) is 70.7 Å². The largest absolute Gasteiger partial charge is 0.496 e. The Kier molecular flexibility index (Phi) is 6.08. The van der Waals surface area contributed by atoms with Gasteiger partial charge in [0.15, 0.2) is 12.0 Å². The molecule has 8 heteroatoms. The molecule has 2 aromatic carbocycles. The van der Waals surface area contributed by atoms with E-state index < -0.39 is 0 Å². The topological polar surface area (TPSA) is 103 Å². The zero-order chi connectivity index (χ0) is 23.5. The van der Waals surface area contributed by atoms with E-state index in [4.69, 9.17) is 14.1 Å². The van der Waals surface area contributed by atoms with Gasteiger partial charge < -0.3 is 14.5 Å². The van der Waals surface area contributed by atoms with Crippen LogP contribution in [0, 0.1) is 0 Å². The zero-order valence-corrected chi connectivity index (χ0v) is 18.5. The maximum absolute atomic E-state index is 13.6. The van der Waals surface area contributed by atoms with Crippen LogP contribution in [0.4, 0.5) is 0 Å². The van der Waals surface area contributed by atoms with Gasteiger partial charge in [0.1, 0.15) is 23.9 Å². The van der Waals surface area contributed by atoms with Gasteiger partial charge in [-0.25, -0.2) is 4.98 Å². The maximum atomic E-state index is 13.6. The number of carbonyl (C=O) groups is 2. The van der Waals surface area contributed by atoms with Crippen LogP contribution < -0.4 is 15.6 Å². The summed E-state index contributed by atoms with van der Waals surface area (Å²) < 4.78 is 12.3. The van der Waals surface area contributed by atoms with Gasteiger partial charge in [0.05, 0.1) is 23.6 Å². The van der Waals surface area contributed by atoms with E-state index in [1.807, 2.05) is 26.0 Å². The van der Waals surface area contributed by atoms with E-state index in [-0.39, 0.29) is 29.8 Å². The zero-order valence-electron chi connectivity index (χ0n) is 18.5. The van der Waals surface area contributed by atoms with Gasteiger partial charge in [0.2, 0.25) is 5.91 Å². The Morgan fingerprint density at radius 3 is 2.67 bits per heavy atom. The summed E-state index contributed by atoms with van der Waals surface area (Å²) in [4.78, 5) is 41.9. The number of rotatable bonds is 7. The fraction of sp³-hybridized carbons (Fsp3) is 0.200. The first-order chi connectivity index (χ1) is 15.9. The lowest BCUT2D eigenvalue weighted by atomic mass is 10.1. The number of carbonyl (C=O) groups excluding carboxylic acids is 2. The number of fused-ring (bicyclic) bond motifs is 1. The van der Waals surface area contributed by atoms with Gasteiger partial charge in [-0.3, -0.25) is 19.0 Å². The van der Waals surface area contributed by atoms with Crippen molar-refractivity contribution in [3.63, 3.8) is 0 Å². The molecular weight excluding hydrogens is 422 g/mol. The molecule has 0 saturated heterocycles. The van der Waals surface area contributed by atoms with Crippen molar-refractivity contribution in [1.29, 1.82) is 0 Å². The van der Waals surface area contributed by atoms with Crippen LogP contribution in [-0.2, 0) is 11.3 Å². The van der Waals surface area contributed by atoms with E-state index in [2.05, 4.69) is 5.32 Å². The van der Waals surface area contributed by atoms with Crippen LogP contribution in [-0.4, -0.2) is 34.9 Å². The van der Waals surface area contributed by atoms with Crippen molar-refractivity contribution >= 4 is 23.1 Å². The van der Waals surface area contributed by atoms with E-state index in [0.717, 1.165) is 0 Å².